The summed E-state index contributed by atoms with van der Waals surface area (Å²) in [6, 6.07) is 15.1. The monoisotopic (exact) mass is 346 g/mol. The molecule has 4 heteroatoms. The first-order valence-electron chi connectivity index (χ1n) is 7.98. The Bertz CT molecular complexity index is 1030. The Morgan fingerprint density at radius 1 is 1.16 bits per heavy atom. The molecule has 0 aliphatic carbocycles. The summed E-state index contributed by atoms with van der Waals surface area (Å²) >= 11 is 6.28. The summed E-state index contributed by atoms with van der Waals surface area (Å²) in [6.07, 6.45) is 8.02. The normalized spacial score (nSPS) is 12.3. The standard InChI is InChI=1S/C21H15ClN2O/c1-2-14-7-8-16(18(22)11-14)21(25)17-9-10-24-13-23-19-6-4-3-5-15(19)12-20(17)24/h1,3-11,23H,12-13H2. The van der Waals surface area contributed by atoms with Crippen molar-refractivity contribution in [2.24, 2.45) is 0 Å². The van der Waals surface area contributed by atoms with Gasteiger partial charge in [0.25, 0.3) is 0 Å². The van der Waals surface area contributed by atoms with Crippen LogP contribution in [0.5, 0.6) is 0 Å². The number of nitrogens with zero attached hydrogens (tertiary/aromatic N) is 1. The number of hydrogen-bond acceptors (Lipinski definition) is 2. The first-order chi connectivity index (χ1) is 12.2. The fraction of sp³-hybridized carbons (Fsp3) is 0.0952. The van der Waals surface area contributed by atoms with E-state index in [0.29, 0.717) is 34.8 Å². The van der Waals surface area contributed by atoms with E-state index in [2.05, 4.69) is 27.9 Å². The number of rotatable bonds is 2. The number of hydrogen-bond donors (Lipinski definition) is 1. The summed E-state index contributed by atoms with van der Waals surface area (Å²) < 4.78 is 2.07. The van der Waals surface area contributed by atoms with Crippen LogP contribution in [0.4, 0.5) is 5.69 Å². The van der Waals surface area contributed by atoms with Crippen LogP contribution in [0, 0.1) is 12.3 Å². The van der Waals surface area contributed by atoms with Crippen LogP contribution >= 0.6 is 11.6 Å². The van der Waals surface area contributed by atoms with Gasteiger partial charge in [0.05, 0.1) is 11.7 Å². The lowest BCUT2D eigenvalue weighted by atomic mass is 9.98. The Morgan fingerprint density at radius 2 is 2.00 bits per heavy atom. The number of benzene rings is 2. The lowest BCUT2D eigenvalue weighted by molar-refractivity contribution is 0.103. The van der Waals surface area contributed by atoms with Gasteiger partial charge in [-0.15, -0.1) is 6.42 Å². The van der Waals surface area contributed by atoms with Crippen molar-refractivity contribution in [3.63, 3.8) is 0 Å². The van der Waals surface area contributed by atoms with Crippen molar-refractivity contribution < 1.29 is 4.79 Å². The smallest absolute Gasteiger partial charge is 0.196 e. The van der Waals surface area contributed by atoms with E-state index in [9.17, 15) is 4.79 Å². The van der Waals surface area contributed by atoms with Crippen LogP contribution in [0.25, 0.3) is 0 Å². The summed E-state index contributed by atoms with van der Waals surface area (Å²) in [7, 11) is 0. The second-order valence-electron chi connectivity index (χ2n) is 5.98. The summed E-state index contributed by atoms with van der Waals surface area (Å²) in [5, 5.41) is 3.79. The number of anilines is 1. The van der Waals surface area contributed by atoms with Crippen LogP contribution in [0.3, 0.4) is 0 Å². The molecule has 3 aromatic rings. The molecule has 3 nitrogen and oxygen atoms in total. The number of para-hydroxylation sites is 1. The average molecular weight is 347 g/mol. The maximum absolute atomic E-state index is 13.1. The Balaban J connectivity index is 1.76. The van der Waals surface area contributed by atoms with Gasteiger partial charge in [-0.1, -0.05) is 35.7 Å². The fourth-order valence-corrected chi connectivity index (χ4v) is 3.46. The lowest BCUT2D eigenvalue weighted by Crippen LogP contribution is -2.10. The van der Waals surface area contributed by atoms with Gasteiger partial charge in [0.2, 0.25) is 0 Å². The van der Waals surface area contributed by atoms with Gasteiger partial charge >= 0.3 is 0 Å². The molecule has 2 aromatic carbocycles. The van der Waals surface area contributed by atoms with E-state index in [4.69, 9.17) is 18.0 Å². The number of halogens is 1. The zero-order valence-electron chi connectivity index (χ0n) is 13.4. The van der Waals surface area contributed by atoms with Crippen molar-refractivity contribution in [2.45, 2.75) is 13.1 Å². The van der Waals surface area contributed by atoms with Crippen molar-refractivity contribution >= 4 is 23.1 Å². The Kier molecular flexibility index (Phi) is 3.83. The maximum Gasteiger partial charge on any atom is 0.196 e. The van der Waals surface area contributed by atoms with E-state index >= 15 is 0 Å². The number of terminal acetylenes is 1. The molecule has 0 saturated carbocycles. The molecule has 0 radical (unpaired) electrons. The molecule has 2 heterocycles. The third-order valence-electron chi connectivity index (χ3n) is 4.52. The van der Waals surface area contributed by atoms with Crippen molar-refractivity contribution in [1.29, 1.82) is 0 Å². The molecular formula is C21H15ClN2O. The molecule has 1 aliphatic heterocycles. The van der Waals surface area contributed by atoms with Gasteiger partial charge in [0.15, 0.2) is 5.78 Å². The van der Waals surface area contributed by atoms with Gasteiger partial charge in [0.1, 0.15) is 0 Å². The minimum absolute atomic E-state index is 0.0818. The number of carbonyl (C=O) groups is 1. The van der Waals surface area contributed by atoms with E-state index in [1.165, 1.54) is 5.56 Å². The largest absolute Gasteiger partial charge is 0.367 e. The van der Waals surface area contributed by atoms with Crippen LogP contribution in [-0.4, -0.2) is 10.4 Å². The Labute approximate surface area is 151 Å². The molecule has 0 amide bonds. The van der Waals surface area contributed by atoms with E-state index in [1.54, 1.807) is 18.2 Å². The average Bonchev–Trinajstić information content (AvgIpc) is 2.93. The van der Waals surface area contributed by atoms with E-state index in [-0.39, 0.29) is 5.78 Å². The molecule has 0 unspecified atom stereocenters. The van der Waals surface area contributed by atoms with E-state index in [0.717, 1.165) is 11.4 Å². The molecule has 4 rings (SSSR count). The molecule has 1 aromatic heterocycles. The predicted octanol–water partition coefficient (Wildman–Crippen LogP) is 4.33. The molecule has 1 N–H and O–H groups in total. The van der Waals surface area contributed by atoms with Gasteiger partial charge in [-0.3, -0.25) is 4.79 Å². The maximum atomic E-state index is 13.1. The molecule has 1 aliphatic rings. The molecule has 25 heavy (non-hydrogen) atoms. The van der Waals surface area contributed by atoms with Crippen LogP contribution in [-0.2, 0) is 13.1 Å². The second-order valence-corrected chi connectivity index (χ2v) is 6.39. The highest BCUT2D eigenvalue weighted by Gasteiger charge is 2.22. The Hall–Kier alpha value is -2.96. The predicted molar refractivity (Wildman–Crippen MR) is 100 cm³/mol. The highest BCUT2D eigenvalue weighted by molar-refractivity contribution is 6.35. The highest BCUT2D eigenvalue weighted by Crippen LogP contribution is 2.28. The summed E-state index contributed by atoms with van der Waals surface area (Å²) in [5.41, 5.74) is 5.06. The molecule has 0 saturated heterocycles. The van der Waals surface area contributed by atoms with Gasteiger partial charge < -0.3 is 9.88 Å². The quantitative estimate of drug-likeness (QED) is 0.553. The highest BCUT2D eigenvalue weighted by atomic mass is 35.5. The summed E-state index contributed by atoms with van der Waals surface area (Å²) in [5.74, 6) is 2.45. The molecule has 0 fully saturated rings. The molecule has 0 bridgehead atoms. The third kappa shape index (κ3) is 2.71. The summed E-state index contributed by atoms with van der Waals surface area (Å²) in [4.78, 5) is 13.1. The minimum atomic E-state index is -0.0818. The number of nitrogens with one attached hydrogen (secondary N) is 1. The molecule has 0 atom stereocenters. The number of fused-ring (bicyclic) bond motifs is 2. The topological polar surface area (TPSA) is 34.0 Å². The lowest BCUT2D eigenvalue weighted by Gasteiger charge is -2.08. The first-order valence-corrected chi connectivity index (χ1v) is 8.36. The van der Waals surface area contributed by atoms with Crippen molar-refractivity contribution in [3.8, 4) is 12.3 Å². The fourth-order valence-electron chi connectivity index (χ4n) is 3.19. The van der Waals surface area contributed by atoms with Crippen LogP contribution < -0.4 is 5.32 Å². The second kappa shape index (κ2) is 6.16. The van der Waals surface area contributed by atoms with Gasteiger partial charge in [0, 0.05) is 40.7 Å². The number of carbonyl (C=O) groups excluding carboxylic acids is 1. The van der Waals surface area contributed by atoms with Crippen LogP contribution in [0.2, 0.25) is 5.02 Å². The van der Waals surface area contributed by atoms with Crippen molar-refractivity contribution in [3.05, 3.63) is 87.7 Å². The van der Waals surface area contributed by atoms with Crippen molar-refractivity contribution in [2.75, 3.05) is 5.32 Å². The van der Waals surface area contributed by atoms with Gasteiger partial charge in [-0.25, -0.2) is 0 Å². The minimum Gasteiger partial charge on any atom is -0.367 e. The van der Waals surface area contributed by atoms with Gasteiger partial charge in [-0.2, -0.15) is 0 Å². The Morgan fingerprint density at radius 3 is 2.80 bits per heavy atom. The zero-order chi connectivity index (χ0) is 17.4. The molecule has 122 valence electrons. The SMILES string of the molecule is C#Cc1ccc(C(=O)c2ccn3c2Cc2ccccc2NC3)c(Cl)c1. The zero-order valence-corrected chi connectivity index (χ0v) is 14.2. The number of ketones is 1. The van der Waals surface area contributed by atoms with E-state index in [1.807, 2.05) is 24.4 Å². The van der Waals surface area contributed by atoms with Crippen LogP contribution in [0.1, 0.15) is 32.7 Å². The summed E-state index contributed by atoms with van der Waals surface area (Å²) in [6.45, 7) is 0.628. The molecular weight excluding hydrogens is 332 g/mol. The number of aromatic nitrogens is 1. The third-order valence-corrected chi connectivity index (χ3v) is 4.83. The first kappa shape index (κ1) is 15.6. The van der Waals surface area contributed by atoms with E-state index < -0.39 is 0 Å². The molecule has 0 spiro atoms. The van der Waals surface area contributed by atoms with Gasteiger partial charge in [-0.05, 0) is 35.9 Å². The van der Waals surface area contributed by atoms with Crippen molar-refractivity contribution in [1.82, 2.24) is 4.57 Å². The van der Waals surface area contributed by atoms with Crippen LogP contribution in [0.15, 0.2) is 54.7 Å².